The number of rotatable bonds is 4. The van der Waals surface area contributed by atoms with Gasteiger partial charge in [0.15, 0.2) is 0 Å². The summed E-state index contributed by atoms with van der Waals surface area (Å²) in [7, 11) is 0. The first-order valence-corrected chi connectivity index (χ1v) is 5.86. The zero-order valence-corrected chi connectivity index (χ0v) is 9.73. The molecule has 0 aromatic heterocycles. The molecule has 3 atom stereocenters. The van der Waals surface area contributed by atoms with Gasteiger partial charge in [0.05, 0.1) is 6.10 Å². The minimum absolute atomic E-state index is 0.158. The Morgan fingerprint density at radius 2 is 2.19 bits per heavy atom. The van der Waals surface area contributed by atoms with Gasteiger partial charge in [0.25, 0.3) is 0 Å². The van der Waals surface area contributed by atoms with Gasteiger partial charge >= 0.3 is 0 Å². The smallest absolute Gasteiger partial charge is 0.0907 e. The number of ether oxygens (including phenoxy) is 1. The van der Waals surface area contributed by atoms with Crippen LogP contribution in [0.4, 0.5) is 0 Å². The zero-order chi connectivity index (χ0) is 11.4. The van der Waals surface area contributed by atoms with Gasteiger partial charge in [0, 0.05) is 18.7 Å². The van der Waals surface area contributed by atoms with Crippen LogP contribution in [0.25, 0.3) is 0 Å². The van der Waals surface area contributed by atoms with Crippen molar-refractivity contribution in [2.45, 2.75) is 31.5 Å². The summed E-state index contributed by atoms with van der Waals surface area (Å²) in [5.41, 5.74) is 1.32. The average Bonchev–Trinajstić information content (AvgIpc) is 2.77. The molecular weight excluding hydrogens is 198 g/mol. The molecule has 86 valence electrons. The topological polar surface area (TPSA) is 21.3 Å². The van der Waals surface area contributed by atoms with Crippen molar-refractivity contribution in [2.24, 2.45) is 0 Å². The van der Waals surface area contributed by atoms with Crippen LogP contribution in [0.2, 0.25) is 0 Å². The third-order valence-corrected chi connectivity index (χ3v) is 3.13. The molecule has 1 aliphatic rings. The first-order valence-electron chi connectivity index (χ1n) is 5.86. The summed E-state index contributed by atoms with van der Waals surface area (Å²) in [6.45, 7) is 6.83. The first kappa shape index (κ1) is 11.4. The van der Waals surface area contributed by atoms with E-state index in [1.165, 1.54) is 5.56 Å². The molecule has 1 N–H and O–H groups in total. The summed E-state index contributed by atoms with van der Waals surface area (Å²) in [6.07, 6.45) is 3.11. The molecule has 0 radical (unpaired) electrons. The van der Waals surface area contributed by atoms with E-state index < -0.39 is 0 Å². The van der Waals surface area contributed by atoms with Crippen LogP contribution in [0.15, 0.2) is 43.0 Å². The summed E-state index contributed by atoms with van der Waals surface area (Å²) in [4.78, 5) is 0. The Balaban J connectivity index is 1.97. The zero-order valence-electron chi connectivity index (χ0n) is 9.73. The molecule has 2 rings (SSSR count). The molecule has 1 aromatic rings. The number of benzene rings is 1. The molecule has 16 heavy (non-hydrogen) atoms. The molecule has 0 bridgehead atoms. The van der Waals surface area contributed by atoms with Crippen molar-refractivity contribution in [1.82, 2.24) is 5.32 Å². The van der Waals surface area contributed by atoms with Gasteiger partial charge in [-0.1, -0.05) is 36.4 Å². The van der Waals surface area contributed by atoms with Crippen molar-refractivity contribution in [3.8, 4) is 0 Å². The van der Waals surface area contributed by atoms with Gasteiger partial charge in [-0.2, -0.15) is 0 Å². The largest absolute Gasteiger partial charge is 0.372 e. The maximum atomic E-state index is 5.57. The van der Waals surface area contributed by atoms with E-state index in [4.69, 9.17) is 4.74 Å². The van der Waals surface area contributed by atoms with Crippen LogP contribution in [0.1, 0.15) is 24.9 Å². The molecule has 2 nitrogen and oxygen atoms in total. The van der Waals surface area contributed by atoms with Crippen LogP contribution in [-0.2, 0) is 4.74 Å². The van der Waals surface area contributed by atoms with Gasteiger partial charge in [-0.15, -0.1) is 6.58 Å². The van der Waals surface area contributed by atoms with E-state index in [1.54, 1.807) is 0 Å². The molecular formula is C14H19NO. The lowest BCUT2D eigenvalue weighted by Crippen LogP contribution is -2.36. The van der Waals surface area contributed by atoms with E-state index in [2.05, 4.69) is 43.1 Å². The van der Waals surface area contributed by atoms with Crippen molar-refractivity contribution < 1.29 is 4.74 Å². The fraction of sp³-hybridized carbons (Fsp3) is 0.429. The van der Waals surface area contributed by atoms with E-state index >= 15 is 0 Å². The van der Waals surface area contributed by atoms with Crippen molar-refractivity contribution in [1.29, 1.82) is 0 Å². The Bertz CT molecular complexity index is 336. The summed E-state index contributed by atoms with van der Waals surface area (Å²) >= 11 is 0. The van der Waals surface area contributed by atoms with E-state index in [1.807, 2.05) is 12.1 Å². The van der Waals surface area contributed by atoms with Gasteiger partial charge in [-0.25, -0.2) is 0 Å². The maximum absolute atomic E-state index is 5.57. The molecule has 1 fully saturated rings. The van der Waals surface area contributed by atoms with Gasteiger partial charge in [-0.3, -0.25) is 0 Å². The SMILES string of the molecule is C=C[C@@H]1OCC[C@H]1N[C@H](C)c1ccccc1. The van der Waals surface area contributed by atoms with Crippen LogP contribution in [0.5, 0.6) is 0 Å². The first-order chi connectivity index (χ1) is 7.81. The minimum atomic E-state index is 0.158. The second-order valence-electron chi connectivity index (χ2n) is 4.27. The standard InChI is InChI=1S/C14H19NO/c1-3-14-13(9-10-16-14)15-11(2)12-7-5-4-6-8-12/h3-8,11,13-15H,1,9-10H2,2H3/t11-,13-,14+/m1/s1. The molecule has 0 aliphatic carbocycles. The highest BCUT2D eigenvalue weighted by atomic mass is 16.5. The third-order valence-electron chi connectivity index (χ3n) is 3.13. The second kappa shape index (κ2) is 5.28. The molecule has 2 heteroatoms. The summed E-state index contributed by atoms with van der Waals surface area (Å²) < 4.78 is 5.57. The molecule has 0 spiro atoms. The van der Waals surface area contributed by atoms with E-state index in [0.717, 1.165) is 13.0 Å². The van der Waals surface area contributed by atoms with Crippen LogP contribution < -0.4 is 5.32 Å². The predicted octanol–water partition coefficient (Wildman–Crippen LogP) is 2.68. The predicted molar refractivity (Wildman–Crippen MR) is 66.3 cm³/mol. The van der Waals surface area contributed by atoms with Crippen LogP contribution in [0.3, 0.4) is 0 Å². The van der Waals surface area contributed by atoms with Crippen molar-refractivity contribution in [3.05, 3.63) is 48.6 Å². The van der Waals surface area contributed by atoms with Gasteiger partial charge in [-0.05, 0) is 18.9 Å². The van der Waals surface area contributed by atoms with E-state index in [0.29, 0.717) is 12.1 Å². The van der Waals surface area contributed by atoms with Gasteiger partial charge < -0.3 is 10.1 Å². The van der Waals surface area contributed by atoms with Gasteiger partial charge in [0.2, 0.25) is 0 Å². The maximum Gasteiger partial charge on any atom is 0.0907 e. The Kier molecular flexibility index (Phi) is 3.75. The molecule has 1 heterocycles. The van der Waals surface area contributed by atoms with Crippen LogP contribution in [-0.4, -0.2) is 18.8 Å². The summed E-state index contributed by atoms with van der Waals surface area (Å²) in [5, 5.41) is 3.60. The van der Waals surface area contributed by atoms with E-state index in [9.17, 15) is 0 Å². The molecule has 0 amide bonds. The minimum Gasteiger partial charge on any atom is -0.372 e. The van der Waals surface area contributed by atoms with Crippen molar-refractivity contribution in [2.75, 3.05) is 6.61 Å². The lowest BCUT2D eigenvalue weighted by atomic mass is 10.0. The molecule has 0 saturated carbocycles. The highest BCUT2D eigenvalue weighted by molar-refractivity contribution is 5.18. The monoisotopic (exact) mass is 217 g/mol. The van der Waals surface area contributed by atoms with Gasteiger partial charge in [0.1, 0.15) is 0 Å². The van der Waals surface area contributed by atoms with Crippen LogP contribution >= 0.6 is 0 Å². The quantitative estimate of drug-likeness (QED) is 0.783. The molecule has 1 saturated heterocycles. The summed E-state index contributed by atoms with van der Waals surface area (Å²) in [6, 6.07) is 11.2. The fourth-order valence-electron chi connectivity index (χ4n) is 2.18. The fourth-order valence-corrected chi connectivity index (χ4v) is 2.18. The summed E-state index contributed by atoms with van der Waals surface area (Å²) in [5.74, 6) is 0. The van der Waals surface area contributed by atoms with Crippen LogP contribution in [0, 0.1) is 0 Å². The highest BCUT2D eigenvalue weighted by Gasteiger charge is 2.26. The van der Waals surface area contributed by atoms with E-state index in [-0.39, 0.29) is 6.10 Å². The Morgan fingerprint density at radius 1 is 1.44 bits per heavy atom. The second-order valence-corrected chi connectivity index (χ2v) is 4.27. The molecule has 0 unspecified atom stereocenters. The number of nitrogens with one attached hydrogen (secondary N) is 1. The average molecular weight is 217 g/mol. The van der Waals surface area contributed by atoms with Crippen molar-refractivity contribution in [3.63, 3.8) is 0 Å². The highest BCUT2D eigenvalue weighted by Crippen LogP contribution is 2.19. The molecule has 1 aromatic carbocycles. The Labute approximate surface area is 97.3 Å². The van der Waals surface area contributed by atoms with Crippen molar-refractivity contribution >= 4 is 0 Å². The number of hydrogen-bond acceptors (Lipinski definition) is 2. The Morgan fingerprint density at radius 3 is 2.88 bits per heavy atom. The lowest BCUT2D eigenvalue weighted by Gasteiger charge is -2.22. The Hall–Kier alpha value is -1.12. The molecule has 1 aliphatic heterocycles. The third kappa shape index (κ3) is 2.52. The number of hydrogen-bond donors (Lipinski definition) is 1. The lowest BCUT2D eigenvalue weighted by molar-refractivity contribution is 0.132. The normalized spacial score (nSPS) is 26.6.